The number of nitroso groups, excluding NO2 is 1. The summed E-state index contributed by atoms with van der Waals surface area (Å²) >= 11 is 0. The number of ether oxygens (including phenoxy) is 1. The monoisotopic (exact) mass is 226 g/mol. The standard InChI is InChI=1S/C8H10N4O4/c9-6-5(11-15)7(13)10-8(14)12(6)4-1-2-16-3-4/h4H,1-3,9H2,(H,10,13,14). The molecule has 0 radical (unpaired) electrons. The molecule has 8 nitrogen and oxygen atoms in total. The van der Waals surface area contributed by atoms with Gasteiger partial charge >= 0.3 is 5.69 Å². The number of nitrogens with two attached hydrogens (primary N) is 1. The lowest BCUT2D eigenvalue weighted by Gasteiger charge is -2.14. The molecule has 0 aromatic carbocycles. The van der Waals surface area contributed by atoms with Crippen molar-refractivity contribution in [2.75, 3.05) is 18.9 Å². The molecule has 0 saturated carbocycles. The van der Waals surface area contributed by atoms with Crippen LogP contribution >= 0.6 is 0 Å². The van der Waals surface area contributed by atoms with Gasteiger partial charge in [-0.05, 0) is 11.6 Å². The van der Waals surface area contributed by atoms with Crippen LogP contribution in [0.4, 0.5) is 11.5 Å². The Hall–Kier alpha value is -1.96. The van der Waals surface area contributed by atoms with Crippen molar-refractivity contribution in [3.8, 4) is 0 Å². The zero-order valence-electron chi connectivity index (χ0n) is 8.30. The third kappa shape index (κ3) is 1.52. The Kier molecular flexibility index (Phi) is 2.57. The molecule has 1 aliphatic heterocycles. The smallest absolute Gasteiger partial charge is 0.330 e. The van der Waals surface area contributed by atoms with E-state index in [1.807, 2.05) is 4.98 Å². The van der Waals surface area contributed by atoms with Crippen LogP contribution in [-0.4, -0.2) is 22.8 Å². The van der Waals surface area contributed by atoms with Gasteiger partial charge in [-0.2, -0.15) is 0 Å². The normalized spacial score (nSPS) is 19.9. The minimum absolute atomic E-state index is 0.209. The van der Waals surface area contributed by atoms with E-state index in [-0.39, 0.29) is 11.9 Å². The quantitative estimate of drug-likeness (QED) is 0.657. The van der Waals surface area contributed by atoms with Crippen LogP contribution in [0.5, 0.6) is 0 Å². The van der Waals surface area contributed by atoms with Crippen molar-refractivity contribution in [3.63, 3.8) is 0 Å². The molecule has 1 saturated heterocycles. The molecule has 1 unspecified atom stereocenters. The zero-order chi connectivity index (χ0) is 11.7. The maximum absolute atomic E-state index is 11.5. The average Bonchev–Trinajstić information content (AvgIpc) is 2.70. The number of nitrogens with zero attached hydrogens (tertiary/aromatic N) is 2. The van der Waals surface area contributed by atoms with Crippen LogP contribution in [0, 0.1) is 4.91 Å². The highest BCUT2D eigenvalue weighted by Gasteiger charge is 2.23. The van der Waals surface area contributed by atoms with Crippen molar-refractivity contribution in [1.82, 2.24) is 9.55 Å². The first-order chi connectivity index (χ1) is 7.65. The topological polar surface area (TPSA) is 120 Å². The highest BCUT2D eigenvalue weighted by atomic mass is 16.5. The van der Waals surface area contributed by atoms with E-state index >= 15 is 0 Å². The molecular formula is C8H10N4O4. The van der Waals surface area contributed by atoms with Crippen molar-refractivity contribution in [2.24, 2.45) is 5.18 Å². The molecule has 1 aromatic rings. The summed E-state index contributed by atoms with van der Waals surface area (Å²) in [4.78, 5) is 35.2. The Bertz CT molecular complexity index is 526. The second kappa shape index (κ2) is 3.89. The molecule has 3 N–H and O–H groups in total. The average molecular weight is 226 g/mol. The number of nitrogen functional groups attached to an aromatic ring is 1. The third-order valence-electron chi connectivity index (χ3n) is 2.52. The molecule has 86 valence electrons. The van der Waals surface area contributed by atoms with Gasteiger partial charge in [-0.25, -0.2) is 4.79 Å². The molecular weight excluding hydrogens is 216 g/mol. The first-order valence-electron chi connectivity index (χ1n) is 4.70. The minimum Gasteiger partial charge on any atom is -0.383 e. The van der Waals surface area contributed by atoms with E-state index in [1.165, 1.54) is 0 Å². The Morgan fingerprint density at radius 2 is 2.25 bits per heavy atom. The molecule has 2 rings (SSSR count). The summed E-state index contributed by atoms with van der Waals surface area (Å²) in [5.41, 5.74) is 3.59. The van der Waals surface area contributed by atoms with Gasteiger partial charge in [0, 0.05) is 6.61 Å². The molecule has 0 bridgehead atoms. The predicted molar refractivity (Wildman–Crippen MR) is 55.7 cm³/mol. The fourth-order valence-corrected chi connectivity index (χ4v) is 1.73. The Labute approximate surface area is 89.0 Å². The summed E-state index contributed by atoms with van der Waals surface area (Å²) in [7, 11) is 0. The van der Waals surface area contributed by atoms with Crippen LogP contribution in [-0.2, 0) is 4.74 Å². The predicted octanol–water partition coefficient (Wildman–Crippen LogP) is -0.522. The Morgan fingerprint density at radius 3 is 2.81 bits per heavy atom. The van der Waals surface area contributed by atoms with Crippen molar-refractivity contribution in [1.29, 1.82) is 0 Å². The molecule has 0 amide bonds. The molecule has 1 atom stereocenters. The summed E-state index contributed by atoms with van der Waals surface area (Å²) in [5, 5.41) is 2.52. The number of aromatic nitrogens is 2. The number of aromatic amines is 1. The largest absolute Gasteiger partial charge is 0.383 e. The Morgan fingerprint density at radius 1 is 1.50 bits per heavy atom. The van der Waals surface area contributed by atoms with Gasteiger partial charge in [0.2, 0.25) is 5.69 Å². The lowest BCUT2D eigenvalue weighted by molar-refractivity contribution is 0.186. The highest BCUT2D eigenvalue weighted by molar-refractivity contribution is 5.55. The highest BCUT2D eigenvalue weighted by Crippen LogP contribution is 2.23. The van der Waals surface area contributed by atoms with Crippen molar-refractivity contribution in [3.05, 3.63) is 25.7 Å². The number of hydrogen-bond donors (Lipinski definition) is 2. The molecule has 1 aromatic heterocycles. The van der Waals surface area contributed by atoms with E-state index in [9.17, 15) is 14.5 Å². The fourth-order valence-electron chi connectivity index (χ4n) is 1.73. The summed E-state index contributed by atoms with van der Waals surface area (Å²) in [6.45, 7) is 0.841. The fraction of sp³-hybridized carbons (Fsp3) is 0.500. The van der Waals surface area contributed by atoms with Crippen LogP contribution in [0.1, 0.15) is 12.5 Å². The van der Waals surface area contributed by atoms with Crippen molar-refractivity contribution >= 4 is 11.5 Å². The maximum atomic E-state index is 11.5. The van der Waals surface area contributed by atoms with Crippen LogP contribution in [0.25, 0.3) is 0 Å². The minimum atomic E-state index is -0.868. The van der Waals surface area contributed by atoms with Crippen LogP contribution in [0.15, 0.2) is 14.8 Å². The van der Waals surface area contributed by atoms with Gasteiger partial charge in [-0.3, -0.25) is 14.3 Å². The van der Waals surface area contributed by atoms with E-state index in [0.717, 1.165) is 4.57 Å². The van der Waals surface area contributed by atoms with E-state index < -0.39 is 16.9 Å². The second-order valence-corrected chi connectivity index (χ2v) is 3.47. The number of rotatable bonds is 2. The third-order valence-corrected chi connectivity index (χ3v) is 2.52. The number of hydrogen-bond acceptors (Lipinski definition) is 6. The molecule has 8 heteroatoms. The summed E-state index contributed by atoms with van der Waals surface area (Å²) in [6, 6.07) is -0.259. The van der Waals surface area contributed by atoms with Gasteiger partial charge in [0.05, 0.1) is 12.6 Å². The van der Waals surface area contributed by atoms with Gasteiger partial charge < -0.3 is 10.5 Å². The second-order valence-electron chi connectivity index (χ2n) is 3.47. The first kappa shape index (κ1) is 10.6. The van der Waals surface area contributed by atoms with E-state index in [1.54, 1.807) is 0 Å². The lowest BCUT2D eigenvalue weighted by atomic mass is 10.2. The number of H-pyrrole nitrogens is 1. The number of anilines is 1. The first-order valence-corrected chi connectivity index (χ1v) is 4.70. The molecule has 1 aliphatic rings. The van der Waals surface area contributed by atoms with Crippen LogP contribution < -0.4 is 17.0 Å². The van der Waals surface area contributed by atoms with E-state index in [0.29, 0.717) is 19.6 Å². The summed E-state index contributed by atoms with van der Waals surface area (Å²) in [6.07, 6.45) is 0.606. The van der Waals surface area contributed by atoms with Crippen molar-refractivity contribution < 1.29 is 4.74 Å². The van der Waals surface area contributed by atoms with Crippen LogP contribution in [0.2, 0.25) is 0 Å². The number of nitrogens with one attached hydrogen (secondary N) is 1. The maximum Gasteiger partial charge on any atom is 0.330 e. The van der Waals surface area contributed by atoms with Crippen LogP contribution in [0.3, 0.4) is 0 Å². The molecule has 0 aliphatic carbocycles. The zero-order valence-corrected chi connectivity index (χ0v) is 8.30. The van der Waals surface area contributed by atoms with Gasteiger partial charge in [-0.15, -0.1) is 4.91 Å². The van der Waals surface area contributed by atoms with Gasteiger partial charge in [-0.1, -0.05) is 0 Å². The van der Waals surface area contributed by atoms with E-state index in [2.05, 4.69) is 5.18 Å². The Balaban J connectivity index is 2.64. The van der Waals surface area contributed by atoms with Gasteiger partial charge in [0.15, 0.2) is 0 Å². The summed E-state index contributed by atoms with van der Waals surface area (Å²) < 4.78 is 6.25. The van der Waals surface area contributed by atoms with Gasteiger partial charge in [0.1, 0.15) is 5.82 Å². The van der Waals surface area contributed by atoms with Crippen molar-refractivity contribution in [2.45, 2.75) is 12.5 Å². The van der Waals surface area contributed by atoms with Gasteiger partial charge in [0.25, 0.3) is 5.56 Å². The molecule has 16 heavy (non-hydrogen) atoms. The summed E-state index contributed by atoms with van der Waals surface area (Å²) in [5.74, 6) is -0.209. The SMILES string of the molecule is Nc1c(N=O)c(=O)[nH]c(=O)n1C1CCOC1. The lowest BCUT2D eigenvalue weighted by Crippen LogP contribution is -2.34. The van der Waals surface area contributed by atoms with E-state index in [4.69, 9.17) is 10.5 Å². The molecule has 0 spiro atoms. The molecule has 1 fully saturated rings. The molecule has 2 heterocycles.